The first-order chi connectivity index (χ1) is 15.5. The normalized spacial score (nSPS) is 14.6. The highest BCUT2D eigenvalue weighted by molar-refractivity contribution is 7.22. The number of nitro benzene ring substituents is 1. The van der Waals surface area contributed by atoms with E-state index in [2.05, 4.69) is 14.8 Å². The van der Waals surface area contributed by atoms with Crippen LogP contribution in [0, 0.1) is 17.0 Å². The van der Waals surface area contributed by atoms with Crippen LogP contribution < -0.4 is 15.2 Å². The first kappa shape index (κ1) is 22.2. The van der Waals surface area contributed by atoms with Gasteiger partial charge in [0.2, 0.25) is 0 Å². The van der Waals surface area contributed by atoms with E-state index in [0.29, 0.717) is 27.4 Å². The van der Waals surface area contributed by atoms with Crippen molar-refractivity contribution in [2.75, 3.05) is 44.2 Å². The van der Waals surface area contributed by atoms with E-state index in [4.69, 9.17) is 4.74 Å². The summed E-state index contributed by atoms with van der Waals surface area (Å²) in [6.07, 6.45) is 2.05. The second kappa shape index (κ2) is 10.1. The number of fused-ring (bicyclic) bond motifs is 1. The van der Waals surface area contributed by atoms with Gasteiger partial charge in [-0.25, -0.2) is 0 Å². The van der Waals surface area contributed by atoms with Crippen molar-refractivity contribution in [3.8, 4) is 5.75 Å². The van der Waals surface area contributed by atoms with Crippen LogP contribution in [0.5, 0.6) is 5.75 Å². The zero-order valence-corrected chi connectivity index (χ0v) is 18.8. The molecule has 1 aliphatic heterocycles. The number of rotatable bonds is 8. The lowest BCUT2D eigenvalue weighted by Crippen LogP contribution is -2.47. The van der Waals surface area contributed by atoms with Crippen molar-refractivity contribution < 1.29 is 9.66 Å². The second-order valence-corrected chi connectivity index (χ2v) is 8.89. The van der Waals surface area contributed by atoms with Crippen LogP contribution in [0.1, 0.15) is 18.4 Å². The predicted molar refractivity (Wildman–Crippen MR) is 127 cm³/mol. The van der Waals surface area contributed by atoms with E-state index in [9.17, 15) is 14.9 Å². The van der Waals surface area contributed by atoms with E-state index >= 15 is 0 Å². The molecule has 0 N–H and O–H groups in total. The molecule has 2 heterocycles. The zero-order chi connectivity index (χ0) is 22.5. The summed E-state index contributed by atoms with van der Waals surface area (Å²) in [5.74, 6) is 0.901. The van der Waals surface area contributed by atoms with E-state index in [1.807, 2.05) is 30.3 Å². The Hall–Kier alpha value is -3.04. The Balaban J connectivity index is 1.32. The molecule has 0 spiro atoms. The highest BCUT2D eigenvalue weighted by atomic mass is 32.1. The summed E-state index contributed by atoms with van der Waals surface area (Å²) in [5, 5.41) is 12.4. The molecule has 32 heavy (non-hydrogen) atoms. The number of ether oxygens (including phenoxy) is 1. The van der Waals surface area contributed by atoms with Crippen molar-refractivity contribution in [3.05, 3.63) is 68.5 Å². The number of hydrogen-bond donors (Lipinski definition) is 0. The molecular weight excluding hydrogens is 428 g/mol. The molecule has 0 saturated carbocycles. The molecule has 8 nitrogen and oxygen atoms in total. The van der Waals surface area contributed by atoms with E-state index in [1.165, 1.54) is 17.4 Å². The third kappa shape index (κ3) is 5.23. The maximum absolute atomic E-state index is 12.6. The molecule has 0 atom stereocenters. The average molecular weight is 455 g/mol. The van der Waals surface area contributed by atoms with Crippen molar-refractivity contribution >= 4 is 32.2 Å². The molecule has 0 bridgehead atoms. The summed E-state index contributed by atoms with van der Waals surface area (Å²) in [5.41, 5.74) is 0.259. The summed E-state index contributed by atoms with van der Waals surface area (Å²) >= 11 is 1.23. The van der Waals surface area contributed by atoms with Gasteiger partial charge in [0.15, 0.2) is 5.13 Å². The van der Waals surface area contributed by atoms with Crippen LogP contribution in [0.4, 0.5) is 10.8 Å². The van der Waals surface area contributed by atoms with Crippen molar-refractivity contribution in [1.29, 1.82) is 0 Å². The number of aromatic nitrogens is 1. The van der Waals surface area contributed by atoms with Crippen LogP contribution >= 0.6 is 11.3 Å². The minimum atomic E-state index is -0.422. The van der Waals surface area contributed by atoms with E-state index in [1.54, 1.807) is 13.0 Å². The molecule has 168 valence electrons. The molecule has 0 unspecified atom stereocenters. The van der Waals surface area contributed by atoms with Crippen LogP contribution in [0.15, 0.2) is 47.3 Å². The monoisotopic (exact) mass is 454 g/mol. The average Bonchev–Trinajstić information content (AvgIpc) is 2.80. The Kier molecular flexibility index (Phi) is 6.96. The van der Waals surface area contributed by atoms with Crippen molar-refractivity contribution in [1.82, 2.24) is 9.88 Å². The number of nitrogens with zero attached hydrogens (tertiary/aromatic N) is 4. The number of unbranched alkanes of at least 4 members (excludes halogenated alkanes) is 1. The number of para-hydroxylation sites is 1. The highest BCUT2D eigenvalue weighted by Gasteiger charge is 2.22. The lowest BCUT2D eigenvalue weighted by atomic mass is 10.1. The molecule has 0 radical (unpaired) electrons. The summed E-state index contributed by atoms with van der Waals surface area (Å²) in [7, 11) is 0. The Morgan fingerprint density at radius 1 is 1.12 bits per heavy atom. The number of nitro groups is 1. The molecule has 2 aromatic carbocycles. The quantitative estimate of drug-likeness (QED) is 0.290. The van der Waals surface area contributed by atoms with E-state index in [0.717, 1.165) is 51.3 Å². The molecule has 0 amide bonds. The van der Waals surface area contributed by atoms with Gasteiger partial charge < -0.3 is 9.64 Å². The molecular formula is C23H26N4O4S. The summed E-state index contributed by atoms with van der Waals surface area (Å²) in [6, 6.07) is 13.0. The van der Waals surface area contributed by atoms with Crippen LogP contribution in [0.3, 0.4) is 0 Å². The fourth-order valence-electron chi connectivity index (χ4n) is 3.86. The smallest absolute Gasteiger partial charge is 0.287 e. The Bertz CT molecular complexity index is 1140. The lowest BCUT2D eigenvalue weighted by Gasteiger charge is -2.34. The van der Waals surface area contributed by atoms with Gasteiger partial charge in [-0.2, -0.15) is 4.98 Å². The third-order valence-corrected chi connectivity index (χ3v) is 6.72. The maximum Gasteiger partial charge on any atom is 0.287 e. The number of anilines is 1. The summed E-state index contributed by atoms with van der Waals surface area (Å²) in [6.45, 7) is 6.68. The number of benzene rings is 2. The molecule has 9 heteroatoms. The van der Waals surface area contributed by atoms with Gasteiger partial charge in [-0.15, -0.1) is 0 Å². The maximum atomic E-state index is 12.6. The number of piperazine rings is 1. The molecule has 1 aromatic heterocycles. The minimum absolute atomic E-state index is 0.0258. The first-order valence-corrected chi connectivity index (χ1v) is 11.6. The Labute approximate surface area is 190 Å². The van der Waals surface area contributed by atoms with Crippen LogP contribution in [0.2, 0.25) is 0 Å². The van der Waals surface area contributed by atoms with Crippen molar-refractivity contribution in [3.63, 3.8) is 0 Å². The standard InChI is InChI=1S/C23H26N4O4S/c1-17-15-19-21(20(16-17)27(29)30)32-23(24-22(19)28)26-12-10-25(11-13-26)9-5-6-14-31-18-7-3-2-4-8-18/h2-4,7-8,15-16H,5-6,9-14H2,1H3. The van der Waals surface area contributed by atoms with Gasteiger partial charge in [-0.3, -0.25) is 19.8 Å². The summed E-state index contributed by atoms with van der Waals surface area (Å²) < 4.78 is 6.14. The molecule has 4 rings (SSSR count). The molecule has 1 fully saturated rings. The second-order valence-electron chi connectivity index (χ2n) is 7.92. The topological polar surface area (TPSA) is 88.8 Å². The molecule has 0 aliphatic carbocycles. The van der Waals surface area contributed by atoms with E-state index in [-0.39, 0.29) is 5.69 Å². The first-order valence-electron chi connectivity index (χ1n) is 10.8. The Morgan fingerprint density at radius 3 is 2.59 bits per heavy atom. The van der Waals surface area contributed by atoms with E-state index < -0.39 is 10.5 Å². The Morgan fingerprint density at radius 2 is 1.88 bits per heavy atom. The van der Waals surface area contributed by atoms with Gasteiger partial charge in [0.05, 0.1) is 16.9 Å². The third-order valence-electron chi connectivity index (χ3n) is 5.55. The zero-order valence-electron chi connectivity index (χ0n) is 18.0. The number of aryl methyl sites for hydroxylation is 1. The lowest BCUT2D eigenvalue weighted by molar-refractivity contribution is -0.382. The van der Waals surface area contributed by atoms with Gasteiger partial charge in [-0.05, 0) is 50.1 Å². The molecule has 1 aliphatic rings. The van der Waals surface area contributed by atoms with Gasteiger partial charge >= 0.3 is 0 Å². The SMILES string of the molecule is Cc1cc([N+](=O)[O-])c2sc(N3CCN(CCCCOc4ccccc4)CC3)nc(=O)c2c1. The van der Waals surface area contributed by atoms with Crippen molar-refractivity contribution in [2.45, 2.75) is 19.8 Å². The molecule has 1 saturated heterocycles. The van der Waals surface area contributed by atoms with Crippen LogP contribution in [-0.2, 0) is 0 Å². The highest BCUT2D eigenvalue weighted by Crippen LogP contribution is 2.33. The molecule has 3 aromatic rings. The van der Waals surface area contributed by atoms with Gasteiger partial charge in [-0.1, -0.05) is 29.5 Å². The van der Waals surface area contributed by atoms with Gasteiger partial charge in [0.1, 0.15) is 10.4 Å². The number of non-ortho nitro benzene ring substituents is 1. The predicted octanol–water partition coefficient (Wildman–Crippen LogP) is 3.85. The largest absolute Gasteiger partial charge is 0.494 e. The van der Waals surface area contributed by atoms with Crippen molar-refractivity contribution in [2.24, 2.45) is 0 Å². The minimum Gasteiger partial charge on any atom is -0.494 e. The van der Waals surface area contributed by atoms with Gasteiger partial charge in [0.25, 0.3) is 11.2 Å². The van der Waals surface area contributed by atoms with Gasteiger partial charge in [0, 0.05) is 32.2 Å². The fraction of sp³-hybridized carbons (Fsp3) is 0.391. The summed E-state index contributed by atoms with van der Waals surface area (Å²) in [4.78, 5) is 32.3. The van der Waals surface area contributed by atoms with Crippen LogP contribution in [0.25, 0.3) is 10.1 Å². The van der Waals surface area contributed by atoms with Crippen LogP contribution in [-0.4, -0.2) is 54.1 Å². The fourth-order valence-corrected chi connectivity index (χ4v) is 4.98. The number of hydrogen-bond acceptors (Lipinski definition) is 8.